The molecule has 1 fully saturated rings. The maximum atomic E-state index is 13.2. The van der Waals surface area contributed by atoms with Crippen LogP contribution in [0.3, 0.4) is 0 Å². The molecule has 0 spiro atoms. The zero-order valence-corrected chi connectivity index (χ0v) is 15.9. The molecule has 1 unspecified atom stereocenters. The lowest BCUT2D eigenvalue weighted by Crippen LogP contribution is -2.40. The van der Waals surface area contributed by atoms with Crippen LogP contribution in [-0.4, -0.2) is 39.0 Å². The van der Waals surface area contributed by atoms with Crippen LogP contribution < -0.4 is 14.7 Å². The van der Waals surface area contributed by atoms with E-state index in [1.54, 1.807) is 4.90 Å². The van der Waals surface area contributed by atoms with Crippen LogP contribution in [0.25, 0.3) is 0 Å². The molecule has 0 aliphatic carbocycles. The summed E-state index contributed by atoms with van der Waals surface area (Å²) in [6, 6.07) is 16.0. The average molecular weight is 363 g/mol. The van der Waals surface area contributed by atoms with Crippen molar-refractivity contribution in [2.45, 2.75) is 19.3 Å². The lowest BCUT2D eigenvalue weighted by atomic mass is 9.99. The molecule has 1 saturated heterocycles. The van der Waals surface area contributed by atoms with Gasteiger partial charge in [0.2, 0.25) is 11.8 Å². The number of anilines is 3. The molecule has 5 heteroatoms. The van der Waals surface area contributed by atoms with Gasteiger partial charge >= 0.3 is 0 Å². The molecule has 2 aromatic carbocycles. The molecule has 0 radical (unpaired) electrons. The summed E-state index contributed by atoms with van der Waals surface area (Å²) in [5.74, 6) is -0.184. The summed E-state index contributed by atoms with van der Waals surface area (Å²) < 4.78 is 0. The molecule has 4 rings (SSSR count). The molecule has 2 aliphatic rings. The molecule has 0 saturated carbocycles. The van der Waals surface area contributed by atoms with Crippen LogP contribution in [0.1, 0.15) is 18.4 Å². The van der Waals surface area contributed by atoms with E-state index >= 15 is 0 Å². The van der Waals surface area contributed by atoms with E-state index < -0.39 is 0 Å². The minimum atomic E-state index is -0.280. The maximum Gasteiger partial charge on any atom is 0.232 e. The van der Waals surface area contributed by atoms with Gasteiger partial charge in [-0.2, -0.15) is 0 Å². The largest absolute Gasteiger partial charge is 0.378 e. The number of carbonyl (C=O) groups excluding carboxylic acids is 2. The summed E-state index contributed by atoms with van der Waals surface area (Å²) in [6.45, 7) is 1.19. The van der Waals surface area contributed by atoms with Crippen LogP contribution in [0, 0.1) is 5.92 Å². The van der Waals surface area contributed by atoms with Crippen LogP contribution in [0.5, 0.6) is 0 Å². The third-order valence-corrected chi connectivity index (χ3v) is 5.53. The molecule has 140 valence electrons. The van der Waals surface area contributed by atoms with Crippen LogP contribution in [0.15, 0.2) is 48.5 Å². The molecule has 5 nitrogen and oxygen atoms in total. The van der Waals surface area contributed by atoms with E-state index in [1.165, 1.54) is 5.56 Å². The van der Waals surface area contributed by atoms with Gasteiger partial charge in [-0.25, -0.2) is 0 Å². The molecule has 2 aromatic rings. The minimum absolute atomic E-state index is 0.0243. The summed E-state index contributed by atoms with van der Waals surface area (Å²) in [6.07, 6.45) is 2.26. The van der Waals surface area contributed by atoms with Crippen LogP contribution in [0.4, 0.5) is 17.1 Å². The van der Waals surface area contributed by atoms with Crippen molar-refractivity contribution in [2.24, 2.45) is 5.92 Å². The van der Waals surface area contributed by atoms with Crippen molar-refractivity contribution >= 4 is 28.9 Å². The molecule has 2 heterocycles. The maximum absolute atomic E-state index is 13.2. The molecule has 2 aliphatic heterocycles. The Kier molecular flexibility index (Phi) is 4.60. The Bertz CT molecular complexity index is 860. The highest BCUT2D eigenvalue weighted by Gasteiger charge is 2.38. The van der Waals surface area contributed by atoms with Gasteiger partial charge in [-0.15, -0.1) is 0 Å². The second-order valence-electron chi connectivity index (χ2n) is 7.54. The number of hydrogen-bond donors (Lipinski definition) is 0. The average Bonchev–Trinajstić information content (AvgIpc) is 3.08. The Morgan fingerprint density at radius 3 is 2.56 bits per heavy atom. The van der Waals surface area contributed by atoms with Crippen LogP contribution in [0.2, 0.25) is 0 Å². The smallest absolute Gasteiger partial charge is 0.232 e. The number of aryl methyl sites for hydroxylation is 1. The highest BCUT2D eigenvalue weighted by Crippen LogP contribution is 2.32. The fraction of sp³-hybridized carbons (Fsp3) is 0.364. The van der Waals surface area contributed by atoms with Gasteiger partial charge in [0.05, 0.1) is 5.92 Å². The zero-order chi connectivity index (χ0) is 19.0. The molecule has 1 atom stereocenters. The number of fused-ring (bicyclic) bond motifs is 1. The Hall–Kier alpha value is -2.82. The number of para-hydroxylation sites is 1. The molecular weight excluding hydrogens is 338 g/mol. The zero-order valence-electron chi connectivity index (χ0n) is 15.9. The van der Waals surface area contributed by atoms with Crippen LogP contribution >= 0.6 is 0 Å². The number of hydrogen-bond acceptors (Lipinski definition) is 3. The molecule has 0 N–H and O–H groups in total. The van der Waals surface area contributed by atoms with Gasteiger partial charge in [0.25, 0.3) is 0 Å². The van der Waals surface area contributed by atoms with E-state index in [4.69, 9.17) is 0 Å². The van der Waals surface area contributed by atoms with E-state index in [9.17, 15) is 9.59 Å². The fourth-order valence-electron chi connectivity index (χ4n) is 4.04. The second-order valence-corrected chi connectivity index (χ2v) is 7.54. The van der Waals surface area contributed by atoms with Gasteiger partial charge in [-0.1, -0.05) is 18.2 Å². The molecular formula is C22H25N3O2. The number of nitrogens with zero attached hydrogens (tertiary/aromatic N) is 3. The number of amides is 2. The van der Waals surface area contributed by atoms with E-state index in [0.717, 1.165) is 36.4 Å². The normalized spacial score (nSPS) is 19.2. The van der Waals surface area contributed by atoms with E-state index in [-0.39, 0.29) is 24.2 Å². The lowest BCUT2D eigenvalue weighted by molar-refractivity contribution is -0.124. The predicted octanol–water partition coefficient (Wildman–Crippen LogP) is 3.08. The quantitative estimate of drug-likeness (QED) is 0.842. The van der Waals surface area contributed by atoms with Gasteiger partial charge in [-0.05, 0) is 48.7 Å². The molecule has 2 amide bonds. The predicted molar refractivity (Wildman–Crippen MR) is 108 cm³/mol. The summed E-state index contributed by atoms with van der Waals surface area (Å²) in [7, 11) is 3.97. The Morgan fingerprint density at radius 1 is 1.07 bits per heavy atom. The van der Waals surface area contributed by atoms with Crippen molar-refractivity contribution < 1.29 is 9.59 Å². The summed E-state index contributed by atoms with van der Waals surface area (Å²) in [4.78, 5) is 31.4. The SMILES string of the molecule is CN(C)c1ccc(N2CC(C(=O)N3CCCc4ccccc43)CC2=O)cc1. The van der Waals surface area contributed by atoms with E-state index in [0.29, 0.717) is 6.54 Å². The van der Waals surface area contributed by atoms with Crippen molar-refractivity contribution in [2.75, 3.05) is 41.9 Å². The first-order valence-corrected chi connectivity index (χ1v) is 9.51. The van der Waals surface area contributed by atoms with Crippen molar-refractivity contribution in [3.05, 3.63) is 54.1 Å². The van der Waals surface area contributed by atoms with Gasteiger partial charge in [0.1, 0.15) is 0 Å². The fourth-order valence-corrected chi connectivity index (χ4v) is 4.04. The molecule has 27 heavy (non-hydrogen) atoms. The van der Waals surface area contributed by atoms with Crippen LogP contribution in [-0.2, 0) is 16.0 Å². The highest BCUT2D eigenvalue weighted by molar-refractivity contribution is 6.04. The third-order valence-electron chi connectivity index (χ3n) is 5.53. The van der Waals surface area contributed by atoms with Gasteiger partial charge < -0.3 is 14.7 Å². The molecule has 0 aromatic heterocycles. The van der Waals surface area contributed by atoms with Crippen molar-refractivity contribution in [3.63, 3.8) is 0 Å². The first-order chi connectivity index (χ1) is 13.0. The Morgan fingerprint density at radius 2 is 1.81 bits per heavy atom. The molecule has 0 bridgehead atoms. The summed E-state index contributed by atoms with van der Waals surface area (Å²) in [5.41, 5.74) is 4.18. The third kappa shape index (κ3) is 3.29. The monoisotopic (exact) mass is 363 g/mol. The van der Waals surface area contributed by atoms with E-state index in [2.05, 4.69) is 6.07 Å². The van der Waals surface area contributed by atoms with Crippen molar-refractivity contribution in [3.8, 4) is 0 Å². The van der Waals surface area contributed by atoms with Gasteiger partial charge in [-0.3, -0.25) is 9.59 Å². The second kappa shape index (κ2) is 7.06. The van der Waals surface area contributed by atoms with E-state index in [1.807, 2.05) is 66.4 Å². The Balaban J connectivity index is 1.52. The van der Waals surface area contributed by atoms with Gasteiger partial charge in [0, 0.05) is 50.7 Å². The lowest BCUT2D eigenvalue weighted by Gasteiger charge is -2.31. The first kappa shape index (κ1) is 17.6. The van der Waals surface area contributed by atoms with Crippen molar-refractivity contribution in [1.29, 1.82) is 0 Å². The number of carbonyl (C=O) groups is 2. The summed E-state index contributed by atoms with van der Waals surface area (Å²) in [5, 5.41) is 0. The van der Waals surface area contributed by atoms with Gasteiger partial charge in [0.15, 0.2) is 0 Å². The topological polar surface area (TPSA) is 43.9 Å². The first-order valence-electron chi connectivity index (χ1n) is 9.51. The summed E-state index contributed by atoms with van der Waals surface area (Å²) >= 11 is 0. The van der Waals surface area contributed by atoms with Crippen molar-refractivity contribution in [1.82, 2.24) is 0 Å². The highest BCUT2D eigenvalue weighted by atomic mass is 16.2. The number of benzene rings is 2. The Labute approximate surface area is 160 Å². The standard InChI is InChI=1S/C22H25N3O2/c1-23(2)18-9-11-19(12-10-18)25-15-17(14-21(25)26)22(27)24-13-5-7-16-6-3-4-8-20(16)24/h3-4,6,8-12,17H,5,7,13-15H2,1-2H3. The number of rotatable bonds is 3. The minimum Gasteiger partial charge on any atom is -0.378 e.